The summed E-state index contributed by atoms with van der Waals surface area (Å²) in [5.74, 6) is 0.159. The minimum Gasteiger partial charge on any atom is -0.490 e. The largest absolute Gasteiger partial charge is 0.490 e. The predicted molar refractivity (Wildman–Crippen MR) is 65.7 cm³/mol. The molecule has 18 heavy (non-hydrogen) atoms. The molecule has 8 heteroatoms. The highest BCUT2D eigenvalue weighted by Gasteiger charge is 2.20. The average molecular weight is 275 g/mol. The fraction of sp³-hybridized carbons (Fsp3) is 0.300. The van der Waals surface area contributed by atoms with Crippen LogP contribution < -0.4 is 9.64 Å². The Morgan fingerprint density at radius 1 is 1.61 bits per heavy atom. The molecule has 1 aromatic rings. The lowest BCUT2D eigenvalue weighted by molar-refractivity contribution is -0.385. The van der Waals surface area contributed by atoms with Crippen LogP contribution in [0.15, 0.2) is 18.2 Å². The second-order valence-electron chi connectivity index (χ2n) is 3.24. The Morgan fingerprint density at radius 2 is 2.28 bits per heavy atom. The topological polar surface area (TPSA) is 92.9 Å². The third-order valence-electron chi connectivity index (χ3n) is 2.21. The molecule has 0 unspecified atom stereocenters. The first-order valence-corrected chi connectivity index (χ1v) is 5.43. The molecule has 0 aromatic heterocycles. The van der Waals surface area contributed by atoms with Crippen molar-refractivity contribution < 1.29 is 19.6 Å². The number of carbonyl (C=O) groups is 1. The SMILES string of the molecule is COc1ccc(N(CCCl)C(=O)O)cc1[N+](=O)[O-]. The summed E-state index contributed by atoms with van der Waals surface area (Å²) in [4.78, 5) is 22.1. The van der Waals surface area contributed by atoms with Crippen LogP contribution in [0.5, 0.6) is 5.75 Å². The van der Waals surface area contributed by atoms with Crippen molar-refractivity contribution in [2.24, 2.45) is 0 Å². The van der Waals surface area contributed by atoms with Crippen LogP contribution in [0.4, 0.5) is 16.2 Å². The van der Waals surface area contributed by atoms with Crippen molar-refractivity contribution >= 4 is 29.1 Å². The molecule has 0 saturated carbocycles. The van der Waals surface area contributed by atoms with Gasteiger partial charge in [0.25, 0.3) is 0 Å². The number of hydrogen-bond acceptors (Lipinski definition) is 4. The van der Waals surface area contributed by atoms with Gasteiger partial charge >= 0.3 is 11.8 Å². The van der Waals surface area contributed by atoms with Crippen LogP contribution in [0.25, 0.3) is 0 Å². The van der Waals surface area contributed by atoms with Crippen molar-refractivity contribution in [2.75, 3.05) is 24.4 Å². The van der Waals surface area contributed by atoms with E-state index >= 15 is 0 Å². The Balaban J connectivity index is 3.20. The number of nitrogens with zero attached hydrogens (tertiary/aromatic N) is 2. The molecule has 0 atom stereocenters. The summed E-state index contributed by atoms with van der Waals surface area (Å²) in [7, 11) is 1.30. The van der Waals surface area contributed by atoms with Gasteiger partial charge in [0.1, 0.15) is 0 Å². The van der Waals surface area contributed by atoms with Gasteiger partial charge in [0.05, 0.1) is 17.7 Å². The average Bonchev–Trinajstić information content (AvgIpc) is 2.34. The van der Waals surface area contributed by atoms with Gasteiger partial charge in [-0.2, -0.15) is 0 Å². The highest BCUT2D eigenvalue weighted by Crippen LogP contribution is 2.31. The van der Waals surface area contributed by atoms with E-state index in [0.29, 0.717) is 0 Å². The zero-order valence-corrected chi connectivity index (χ0v) is 10.3. The minimum atomic E-state index is -1.23. The van der Waals surface area contributed by atoms with E-state index in [0.717, 1.165) is 11.0 Å². The highest BCUT2D eigenvalue weighted by molar-refractivity contribution is 6.18. The Labute approximate surface area is 108 Å². The van der Waals surface area contributed by atoms with Crippen molar-refractivity contribution in [1.29, 1.82) is 0 Å². The van der Waals surface area contributed by atoms with Crippen LogP contribution in [-0.4, -0.2) is 35.7 Å². The minimum absolute atomic E-state index is 0.0420. The lowest BCUT2D eigenvalue weighted by Gasteiger charge is -2.18. The normalized spacial score (nSPS) is 9.89. The molecule has 7 nitrogen and oxygen atoms in total. The fourth-order valence-electron chi connectivity index (χ4n) is 1.41. The van der Waals surface area contributed by atoms with Gasteiger partial charge in [-0.25, -0.2) is 4.79 Å². The molecule has 0 bridgehead atoms. The molecule has 0 heterocycles. The van der Waals surface area contributed by atoms with Gasteiger partial charge < -0.3 is 9.84 Å². The van der Waals surface area contributed by atoms with E-state index in [1.54, 1.807) is 0 Å². The standard InChI is InChI=1S/C10H11ClN2O5/c1-18-9-3-2-7(6-8(9)13(16)17)12(5-4-11)10(14)15/h2-3,6H,4-5H2,1H3,(H,14,15). The van der Waals surface area contributed by atoms with Gasteiger partial charge in [-0.1, -0.05) is 0 Å². The van der Waals surface area contributed by atoms with E-state index in [9.17, 15) is 14.9 Å². The molecular formula is C10H11ClN2O5. The molecule has 0 spiro atoms. The number of ether oxygens (including phenoxy) is 1. The monoisotopic (exact) mass is 274 g/mol. The molecular weight excluding hydrogens is 264 g/mol. The molecule has 1 aromatic carbocycles. The van der Waals surface area contributed by atoms with Crippen molar-refractivity contribution in [1.82, 2.24) is 0 Å². The molecule has 0 aliphatic heterocycles. The number of rotatable bonds is 5. The summed E-state index contributed by atoms with van der Waals surface area (Å²) in [6.07, 6.45) is -1.23. The zero-order valence-electron chi connectivity index (χ0n) is 9.50. The van der Waals surface area contributed by atoms with Gasteiger partial charge in [-0.05, 0) is 12.1 Å². The Kier molecular flexibility index (Phi) is 4.73. The number of amides is 1. The number of alkyl halides is 1. The first-order chi connectivity index (χ1) is 8.51. The van der Waals surface area contributed by atoms with E-state index in [1.165, 1.54) is 19.2 Å². The number of anilines is 1. The van der Waals surface area contributed by atoms with Crippen molar-refractivity contribution in [2.45, 2.75) is 0 Å². The number of nitro benzene ring substituents is 1. The van der Waals surface area contributed by atoms with Crippen LogP contribution in [0, 0.1) is 10.1 Å². The maximum absolute atomic E-state index is 11.0. The highest BCUT2D eigenvalue weighted by atomic mass is 35.5. The third kappa shape index (κ3) is 3.01. The maximum atomic E-state index is 11.0. The van der Waals surface area contributed by atoms with Crippen LogP contribution in [0.1, 0.15) is 0 Å². The fourth-order valence-corrected chi connectivity index (χ4v) is 1.58. The lowest BCUT2D eigenvalue weighted by Crippen LogP contribution is -2.31. The van der Waals surface area contributed by atoms with Crippen molar-refractivity contribution in [3.63, 3.8) is 0 Å². The van der Waals surface area contributed by atoms with E-state index < -0.39 is 11.0 Å². The Hall–Kier alpha value is -2.02. The van der Waals surface area contributed by atoms with Crippen LogP contribution in [0.2, 0.25) is 0 Å². The van der Waals surface area contributed by atoms with Crippen LogP contribution >= 0.6 is 11.6 Å². The molecule has 1 N–H and O–H groups in total. The summed E-state index contributed by atoms with van der Waals surface area (Å²) in [6.45, 7) is 0.0420. The molecule has 1 rings (SSSR count). The number of hydrogen-bond donors (Lipinski definition) is 1. The molecule has 0 radical (unpaired) electrons. The summed E-state index contributed by atoms with van der Waals surface area (Å²) < 4.78 is 4.83. The Bertz CT molecular complexity index is 466. The Morgan fingerprint density at radius 3 is 2.72 bits per heavy atom. The maximum Gasteiger partial charge on any atom is 0.411 e. The number of halogens is 1. The van der Waals surface area contributed by atoms with Crippen LogP contribution in [-0.2, 0) is 0 Å². The molecule has 0 fully saturated rings. The third-order valence-corrected chi connectivity index (χ3v) is 2.38. The van der Waals surface area contributed by atoms with E-state index in [4.69, 9.17) is 21.4 Å². The summed E-state index contributed by atoms with van der Waals surface area (Å²) in [5, 5.41) is 19.8. The smallest absolute Gasteiger partial charge is 0.411 e. The van der Waals surface area contributed by atoms with Gasteiger partial charge in [0.2, 0.25) is 0 Å². The van der Waals surface area contributed by atoms with Gasteiger partial charge in [0.15, 0.2) is 5.75 Å². The number of nitro groups is 1. The predicted octanol–water partition coefficient (Wildman–Crippen LogP) is 2.33. The summed E-state index contributed by atoms with van der Waals surface area (Å²) in [5.41, 5.74) is -0.119. The first-order valence-electron chi connectivity index (χ1n) is 4.90. The lowest BCUT2D eigenvalue weighted by atomic mass is 10.2. The summed E-state index contributed by atoms with van der Waals surface area (Å²) >= 11 is 5.49. The van der Waals surface area contributed by atoms with Gasteiger partial charge in [-0.15, -0.1) is 11.6 Å². The molecule has 0 aliphatic carbocycles. The number of benzene rings is 1. The number of methoxy groups -OCH3 is 1. The second-order valence-corrected chi connectivity index (χ2v) is 3.61. The molecule has 0 saturated heterocycles. The van der Waals surface area contributed by atoms with Crippen molar-refractivity contribution in [3.05, 3.63) is 28.3 Å². The zero-order chi connectivity index (χ0) is 13.7. The van der Waals surface area contributed by atoms with Crippen LogP contribution in [0.3, 0.4) is 0 Å². The van der Waals surface area contributed by atoms with Crippen molar-refractivity contribution in [3.8, 4) is 5.75 Å². The first kappa shape index (κ1) is 14.0. The molecule has 0 aliphatic rings. The summed E-state index contributed by atoms with van der Waals surface area (Å²) in [6, 6.07) is 3.91. The quantitative estimate of drug-likeness (QED) is 0.505. The van der Waals surface area contributed by atoms with Gasteiger partial charge in [0, 0.05) is 18.5 Å². The second kappa shape index (κ2) is 6.06. The number of carboxylic acid groups (broad SMARTS) is 1. The van der Waals surface area contributed by atoms with E-state index in [-0.39, 0.29) is 29.5 Å². The van der Waals surface area contributed by atoms with Gasteiger partial charge in [-0.3, -0.25) is 15.0 Å². The molecule has 1 amide bonds. The van der Waals surface area contributed by atoms with E-state index in [2.05, 4.69) is 0 Å². The molecule has 98 valence electrons. The van der Waals surface area contributed by atoms with E-state index in [1.807, 2.05) is 0 Å².